The van der Waals surface area contributed by atoms with E-state index in [0.29, 0.717) is 15.2 Å². The van der Waals surface area contributed by atoms with Crippen LogP contribution in [-0.4, -0.2) is 14.5 Å². The van der Waals surface area contributed by atoms with E-state index in [1.807, 2.05) is 0 Å². The Morgan fingerprint density at radius 1 is 1.38 bits per heavy atom. The van der Waals surface area contributed by atoms with Crippen LogP contribution in [-0.2, 0) is 10.2 Å². The normalized spacial score (nSPS) is 11.8. The predicted octanol–water partition coefficient (Wildman–Crippen LogP) is 2.76. The number of rotatable bonds is 4. The fourth-order valence-corrected chi connectivity index (χ4v) is 2.88. The summed E-state index contributed by atoms with van der Waals surface area (Å²) in [7, 11) is -3.56. The molecular weight excluding hydrogens is 316 g/mol. The lowest BCUT2D eigenvalue weighted by Gasteiger charge is -2.13. The first-order chi connectivity index (χ1) is 7.32. The summed E-state index contributed by atoms with van der Waals surface area (Å²) in [5, 5.41) is 0.449. The molecule has 4 nitrogen and oxygen atoms in total. The third kappa shape index (κ3) is 3.93. The molecule has 0 amide bonds. The fraction of sp³-hybridized carbons (Fsp3) is 0.333. The Hall–Kier alpha value is -0.300. The number of halogens is 2. The van der Waals surface area contributed by atoms with Gasteiger partial charge < -0.3 is 0 Å². The summed E-state index contributed by atoms with van der Waals surface area (Å²) in [4.78, 5) is 0. The molecule has 0 aromatic heterocycles. The molecule has 1 rings (SSSR count). The Morgan fingerprint density at radius 2 is 2.00 bits per heavy atom. The van der Waals surface area contributed by atoms with Gasteiger partial charge in [-0.2, -0.15) is 13.1 Å². The van der Waals surface area contributed by atoms with E-state index in [9.17, 15) is 8.42 Å². The minimum absolute atomic E-state index is 0.171. The van der Waals surface area contributed by atoms with Gasteiger partial charge in [-0.3, -0.25) is 4.72 Å². The molecule has 0 heterocycles. The molecule has 0 spiro atoms. The smallest absolute Gasteiger partial charge is 0.270 e. The first kappa shape index (κ1) is 13.8. The maximum absolute atomic E-state index is 11.6. The van der Waals surface area contributed by atoms with Gasteiger partial charge in [0.2, 0.25) is 0 Å². The Labute approximate surface area is 109 Å². The van der Waals surface area contributed by atoms with Gasteiger partial charge in [0, 0.05) is 6.04 Å². The second-order valence-electron chi connectivity index (χ2n) is 3.48. The largest absolute Gasteiger partial charge is 0.299 e. The zero-order valence-corrected chi connectivity index (χ0v) is 11.9. The quantitative estimate of drug-likeness (QED) is 0.893. The van der Waals surface area contributed by atoms with Crippen LogP contribution in [0, 0.1) is 0 Å². The van der Waals surface area contributed by atoms with Crippen LogP contribution < -0.4 is 9.44 Å². The molecule has 0 unspecified atom stereocenters. The summed E-state index contributed by atoms with van der Waals surface area (Å²) in [6.45, 7) is 3.48. The molecule has 7 heteroatoms. The predicted molar refractivity (Wildman–Crippen MR) is 70.0 cm³/mol. The van der Waals surface area contributed by atoms with Crippen molar-refractivity contribution in [3.05, 3.63) is 27.7 Å². The fourth-order valence-electron chi connectivity index (χ4n) is 1.07. The molecule has 0 radical (unpaired) electrons. The van der Waals surface area contributed by atoms with Crippen molar-refractivity contribution in [3.8, 4) is 0 Å². The van der Waals surface area contributed by atoms with Crippen molar-refractivity contribution < 1.29 is 8.42 Å². The van der Waals surface area contributed by atoms with Crippen molar-refractivity contribution in [1.29, 1.82) is 0 Å². The van der Waals surface area contributed by atoms with Gasteiger partial charge in [0.1, 0.15) is 0 Å². The van der Waals surface area contributed by atoms with E-state index in [0.717, 1.165) is 0 Å². The zero-order valence-electron chi connectivity index (χ0n) is 8.79. The SMILES string of the molecule is CC(C)NS(=O)(=O)Nc1cccc(Cl)c1Br. The van der Waals surface area contributed by atoms with Crippen LogP contribution in [0.3, 0.4) is 0 Å². The number of hydrogen-bond acceptors (Lipinski definition) is 2. The average Bonchev–Trinajstić information content (AvgIpc) is 2.10. The minimum atomic E-state index is -3.56. The highest BCUT2D eigenvalue weighted by Gasteiger charge is 2.13. The topological polar surface area (TPSA) is 58.2 Å². The van der Waals surface area contributed by atoms with E-state index in [1.165, 1.54) is 0 Å². The van der Waals surface area contributed by atoms with E-state index in [4.69, 9.17) is 11.6 Å². The van der Waals surface area contributed by atoms with Gasteiger partial charge in [0.05, 0.1) is 15.2 Å². The number of anilines is 1. The van der Waals surface area contributed by atoms with Crippen molar-refractivity contribution in [2.24, 2.45) is 0 Å². The highest BCUT2D eigenvalue weighted by Crippen LogP contribution is 2.30. The van der Waals surface area contributed by atoms with Crippen LogP contribution in [0.15, 0.2) is 22.7 Å². The van der Waals surface area contributed by atoms with Crippen molar-refractivity contribution in [2.45, 2.75) is 19.9 Å². The van der Waals surface area contributed by atoms with Crippen LogP contribution in [0.2, 0.25) is 5.02 Å². The lowest BCUT2D eigenvalue weighted by Crippen LogP contribution is -2.35. The van der Waals surface area contributed by atoms with Crippen molar-refractivity contribution in [3.63, 3.8) is 0 Å². The Balaban J connectivity index is 2.93. The summed E-state index contributed by atoms with van der Waals surface area (Å²) in [6, 6.07) is 4.78. The summed E-state index contributed by atoms with van der Waals surface area (Å²) >= 11 is 9.06. The van der Waals surface area contributed by atoms with E-state index in [-0.39, 0.29) is 6.04 Å². The van der Waals surface area contributed by atoms with Crippen molar-refractivity contribution in [2.75, 3.05) is 4.72 Å². The minimum Gasteiger partial charge on any atom is -0.270 e. The molecule has 90 valence electrons. The Bertz CT molecular complexity index is 476. The van der Waals surface area contributed by atoms with Gasteiger partial charge in [0.15, 0.2) is 0 Å². The third-order valence-electron chi connectivity index (χ3n) is 1.59. The zero-order chi connectivity index (χ0) is 12.3. The van der Waals surface area contributed by atoms with E-state index < -0.39 is 10.2 Å². The Morgan fingerprint density at radius 3 is 2.56 bits per heavy atom. The molecule has 0 saturated carbocycles. The van der Waals surface area contributed by atoms with E-state index in [1.54, 1.807) is 32.0 Å². The molecule has 0 saturated heterocycles. The highest BCUT2D eigenvalue weighted by atomic mass is 79.9. The molecular formula is C9H12BrClN2O2S. The van der Waals surface area contributed by atoms with Crippen molar-refractivity contribution >= 4 is 43.4 Å². The van der Waals surface area contributed by atoms with E-state index in [2.05, 4.69) is 25.4 Å². The highest BCUT2D eigenvalue weighted by molar-refractivity contribution is 9.10. The van der Waals surface area contributed by atoms with Crippen LogP contribution >= 0.6 is 27.5 Å². The molecule has 2 N–H and O–H groups in total. The van der Waals surface area contributed by atoms with Crippen LogP contribution in [0.5, 0.6) is 0 Å². The van der Waals surface area contributed by atoms with Crippen molar-refractivity contribution in [1.82, 2.24) is 4.72 Å². The van der Waals surface area contributed by atoms with Crippen LogP contribution in [0.25, 0.3) is 0 Å². The number of benzene rings is 1. The molecule has 0 bridgehead atoms. The number of hydrogen-bond donors (Lipinski definition) is 2. The lowest BCUT2D eigenvalue weighted by molar-refractivity contribution is 0.575. The lowest BCUT2D eigenvalue weighted by atomic mass is 10.3. The molecule has 0 aliphatic heterocycles. The maximum Gasteiger partial charge on any atom is 0.299 e. The molecule has 1 aromatic carbocycles. The molecule has 16 heavy (non-hydrogen) atoms. The summed E-state index contributed by atoms with van der Waals surface area (Å²) < 4.78 is 28.5. The van der Waals surface area contributed by atoms with Gasteiger partial charge >= 0.3 is 0 Å². The summed E-state index contributed by atoms with van der Waals surface area (Å²) in [6.07, 6.45) is 0. The molecule has 0 aliphatic rings. The second-order valence-corrected chi connectivity index (χ2v) is 6.13. The monoisotopic (exact) mass is 326 g/mol. The van der Waals surface area contributed by atoms with Gasteiger partial charge in [-0.05, 0) is 41.9 Å². The van der Waals surface area contributed by atoms with E-state index >= 15 is 0 Å². The second kappa shape index (κ2) is 5.35. The van der Waals surface area contributed by atoms with Crippen LogP contribution in [0.4, 0.5) is 5.69 Å². The number of nitrogens with one attached hydrogen (secondary N) is 2. The summed E-state index contributed by atoms with van der Waals surface area (Å²) in [5.41, 5.74) is 0.403. The van der Waals surface area contributed by atoms with Gasteiger partial charge in [-0.25, -0.2) is 0 Å². The Kier molecular flexibility index (Phi) is 4.61. The maximum atomic E-state index is 11.6. The average molecular weight is 328 g/mol. The van der Waals surface area contributed by atoms with Gasteiger partial charge in [-0.1, -0.05) is 17.7 Å². The summed E-state index contributed by atoms with van der Waals surface area (Å²) in [5.74, 6) is 0. The molecule has 1 aromatic rings. The third-order valence-corrected chi connectivity index (χ3v) is 4.25. The molecule has 0 aliphatic carbocycles. The first-order valence-corrected chi connectivity index (χ1v) is 7.21. The van der Waals surface area contributed by atoms with Gasteiger partial charge in [0.25, 0.3) is 10.2 Å². The van der Waals surface area contributed by atoms with Gasteiger partial charge in [-0.15, -0.1) is 0 Å². The van der Waals surface area contributed by atoms with Crippen LogP contribution in [0.1, 0.15) is 13.8 Å². The molecule has 0 fully saturated rings. The first-order valence-electron chi connectivity index (χ1n) is 4.56. The standard InChI is InChI=1S/C9H12BrClN2O2S/c1-6(2)12-16(14,15)13-8-5-3-4-7(11)9(8)10/h3-6,12-13H,1-2H3. The molecule has 0 atom stereocenters.